The number of rotatable bonds is 7. The third kappa shape index (κ3) is 4.66. The molecule has 2 rings (SSSR count). The number of aromatic nitrogens is 1. The fraction of sp³-hybridized carbons (Fsp3) is 0.438. The maximum atomic E-state index is 12.4. The van der Waals surface area contributed by atoms with Gasteiger partial charge >= 0.3 is 0 Å². The molecule has 7 heteroatoms. The molecule has 0 aromatic carbocycles. The van der Waals surface area contributed by atoms with Crippen LogP contribution in [0.2, 0.25) is 0 Å². The largest absolute Gasteiger partial charge is 0.361 e. The first kappa shape index (κ1) is 17.2. The van der Waals surface area contributed by atoms with Gasteiger partial charge < -0.3 is 14.7 Å². The lowest BCUT2D eigenvalue weighted by molar-refractivity contribution is -0.135. The van der Waals surface area contributed by atoms with E-state index in [1.165, 1.54) is 4.90 Å². The monoisotopic (exact) mass is 335 g/mol. The van der Waals surface area contributed by atoms with Crippen LogP contribution in [0.4, 0.5) is 0 Å². The van der Waals surface area contributed by atoms with Crippen molar-refractivity contribution >= 4 is 23.2 Å². The predicted molar refractivity (Wildman–Crippen MR) is 88.1 cm³/mol. The van der Waals surface area contributed by atoms with Crippen LogP contribution in [0.15, 0.2) is 22.0 Å². The molecule has 0 saturated carbocycles. The van der Waals surface area contributed by atoms with Crippen LogP contribution in [0.3, 0.4) is 0 Å². The van der Waals surface area contributed by atoms with Gasteiger partial charge in [-0.05, 0) is 32.2 Å². The Morgan fingerprint density at radius 3 is 2.74 bits per heavy atom. The second-order valence-electron chi connectivity index (χ2n) is 5.24. The van der Waals surface area contributed by atoms with Crippen molar-refractivity contribution in [2.24, 2.45) is 0 Å². The number of likely N-dealkylation sites (N-methyl/N-ethyl adjacent to an activating group) is 1. The fourth-order valence-corrected chi connectivity index (χ4v) is 2.87. The smallest absolute Gasteiger partial charge is 0.239 e. The van der Waals surface area contributed by atoms with E-state index in [-0.39, 0.29) is 24.8 Å². The molecule has 0 spiro atoms. The zero-order valence-electron chi connectivity index (χ0n) is 13.6. The third-order valence-electron chi connectivity index (χ3n) is 3.62. The molecule has 0 aliphatic heterocycles. The number of carbonyl (C=O) groups is 2. The quantitative estimate of drug-likeness (QED) is 0.840. The summed E-state index contributed by atoms with van der Waals surface area (Å²) in [7, 11) is 0. The molecule has 0 aliphatic rings. The van der Waals surface area contributed by atoms with Crippen molar-refractivity contribution in [3.05, 3.63) is 39.4 Å². The summed E-state index contributed by atoms with van der Waals surface area (Å²) in [6.45, 7) is 6.48. The van der Waals surface area contributed by atoms with E-state index in [1.54, 1.807) is 18.3 Å². The minimum absolute atomic E-state index is 0.0596. The van der Waals surface area contributed by atoms with Crippen LogP contribution in [0.25, 0.3) is 0 Å². The van der Waals surface area contributed by atoms with Crippen molar-refractivity contribution in [1.82, 2.24) is 15.4 Å². The van der Waals surface area contributed by atoms with Gasteiger partial charge in [0, 0.05) is 17.0 Å². The molecule has 0 unspecified atom stereocenters. The molecule has 2 amide bonds. The lowest BCUT2D eigenvalue weighted by atomic mass is 10.1. The van der Waals surface area contributed by atoms with Crippen LogP contribution in [0.1, 0.15) is 28.8 Å². The molecular weight excluding hydrogens is 314 g/mol. The maximum absolute atomic E-state index is 12.4. The standard InChI is InChI=1S/C16H21N3O3S/c1-4-19(10-15(20)17-9-13-6-5-7-23-13)16(21)8-14-11(2)18-22-12(14)3/h5-7H,4,8-10H2,1-3H3,(H,17,20). The Labute approximate surface area is 139 Å². The Balaban J connectivity index is 1.88. The molecule has 0 fully saturated rings. The summed E-state index contributed by atoms with van der Waals surface area (Å²) < 4.78 is 5.07. The van der Waals surface area contributed by atoms with Crippen molar-refractivity contribution < 1.29 is 14.1 Å². The minimum atomic E-state index is -0.160. The Bertz CT molecular complexity index is 645. The van der Waals surface area contributed by atoms with Gasteiger partial charge in [-0.25, -0.2) is 0 Å². The van der Waals surface area contributed by atoms with Gasteiger partial charge in [0.25, 0.3) is 0 Å². The number of aryl methyl sites for hydroxylation is 2. The van der Waals surface area contributed by atoms with Gasteiger partial charge in [0.1, 0.15) is 5.76 Å². The van der Waals surface area contributed by atoms with E-state index in [0.29, 0.717) is 24.5 Å². The van der Waals surface area contributed by atoms with E-state index in [9.17, 15) is 9.59 Å². The SMILES string of the molecule is CCN(CC(=O)NCc1cccs1)C(=O)Cc1c(C)noc1C. The summed E-state index contributed by atoms with van der Waals surface area (Å²) >= 11 is 1.59. The molecule has 0 saturated heterocycles. The van der Waals surface area contributed by atoms with Crippen molar-refractivity contribution in [2.75, 3.05) is 13.1 Å². The number of hydrogen-bond acceptors (Lipinski definition) is 5. The predicted octanol–water partition coefficient (Wildman–Crippen LogP) is 2.06. The van der Waals surface area contributed by atoms with E-state index in [4.69, 9.17) is 4.52 Å². The highest BCUT2D eigenvalue weighted by atomic mass is 32.1. The lowest BCUT2D eigenvalue weighted by Crippen LogP contribution is -2.41. The van der Waals surface area contributed by atoms with E-state index < -0.39 is 0 Å². The molecule has 2 aromatic rings. The number of nitrogens with one attached hydrogen (secondary N) is 1. The van der Waals surface area contributed by atoms with E-state index in [2.05, 4.69) is 10.5 Å². The van der Waals surface area contributed by atoms with E-state index in [0.717, 1.165) is 10.4 Å². The molecule has 0 radical (unpaired) electrons. The van der Waals surface area contributed by atoms with Crippen LogP contribution in [-0.4, -0.2) is 35.0 Å². The number of carbonyl (C=O) groups excluding carboxylic acids is 2. The molecule has 124 valence electrons. The second kappa shape index (κ2) is 7.92. The summed E-state index contributed by atoms with van der Waals surface area (Å²) in [5.74, 6) is 0.384. The van der Waals surface area contributed by atoms with Gasteiger partial charge in [0.15, 0.2) is 0 Å². The zero-order valence-corrected chi connectivity index (χ0v) is 14.4. The summed E-state index contributed by atoms with van der Waals surface area (Å²) in [4.78, 5) is 27.0. The Morgan fingerprint density at radius 2 is 2.17 bits per heavy atom. The molecule has 0 atom stereocenters. The van der Waals surface area contributed by atoms with Crippen LogP contribution in [0.5, 0.6) is 0 Å². The minimum Gasteiger partial charge on any atom is -0.361 e. The third-order valence-corrected chi connectivity index (χ3v) is 4.49. The summed E-state index contributed by atoms with van der Waals surface area (Å²) in [6.07, 6.45) is 0.202. The molecule has 0 bridgehead atoms. The highest BCUT2D eigenvalue weighted by Gasteiger charge is 2.19. The van der Waals surface area contributed by atoms with Gasteiger partial charge in [0.05, 0.1) is 25.2 Å². The average Bonchev–Trinajstić information content (AvgIpc) is 3.15. The number of thiophene rings is 1. The van der Waals surface area contributed by atoms with Crippen molar-refractivity contribution in [3.8, 4) is 0 Å². The van der Waals surface area contributed by atoms with Gasteiger partial charge in [-0.3, -0.25) is 9.59 Å². The number of amides is 2. The Morgan fingerprint density at radius 1 is 1.39 bits per heavy atom. The summed E-state index contributed by atoms with van der Waals surface area (Å²) in [5.41, 5.74) is 1.52. The molecule has 23 heavy (non-hydrogen) atoms. The van der Waals surface area contributed by atoms with Crippen LogP contribution >= 0.6 is 11.3 Å². The topological polar surface area (TPSA) is 75.4 Å². The highest BCUT2D eigenvalue weighted by Crippen LogP contribution is 2.14. The molecule has 0 aliphatic carbocycles. The summed E-state index contributed by atoms with van der Waals surface area (Å²) in [5, 5.41) is 8.65. The van der Waals surface area contributed by atoms with Gasteiger partial charge in [-0.1, -0.05) is 11.2 Å². The number of hydrogen-bond donors (Lipinski definition) is 1. The first-order valence-electron chi connectivity index (χ1n) is 7.49. The van der Waals surface area contributed by atoms with Crippen LogP contribution in [-0.2, 0) is 22.6 Å². The molecule has 1 N–H and O–H groups in total. The van der Waals surface area contributed by atoms with Crippen molar-refractivity contribution in [2.45, 2.75) is 33.7 Å². The van der Waals surface area contributed by atoms with E-state index >= 15 is 0 Å². The molecule has 6 nitrogen and oxygen atoms in total. The maximum Gasteiger partial charge on any atom is 0.239 e. The lowest BCUT2D eigenvalue weighted by Gasteiger charge is -2.20. The Hall–Kier alpha value is -2.15. The zero-order chi connectivity index (χ0) is 16.8. The first-order chi connectivity index (χ1) is 11.0. The molecular formula is C16H21N3O3S. The molecule has 2 heterocycles. The Kier molecular flexibility index (Phi) is 5.92. The van der Waals surface area contributed by atoms with Gasteiger partial charge in [-0.2, -0.15) is 0 Å². The summed E-state index contributed by atoms with van der Waals surface area (Å²) in [6, 6.07) is 3.91. The molecule has 2 aromatic heterocycles. The van der Waals surface area contributed by atoms with Gasteiger partial charge in [-0.15, -0.1) is 11.3 Å². The number of nitrogens with zero attached hydrogens (tertiary/aromatic N) is 2. The van der Waals surface area contributed by atoms with Crippen LogP contribution in [0, 0.1) is 13.8 Å². The highest BCUT2D eigenvalue weighted by molar-refractivity contribution is 7.09. The van der Waals surface area contributed by atoms with Crippen molar-refractivity contribution in [3.63, 3.8) is 0 Å². The average molecular weight is 335 g/mol. The van der Waals surface area contributed by atoms with Crippen LogP contribution < -0.4 is 5.32 Å². The van der Waals surface area contributed by atoms with Gasteiger partial charge in [0.2, 0.25) is 11.8 Å². The van der Waals surface area contributed by atoms with Crippen molar-refractivity contribution in [1.29, 1.82) is 0 Å². The normalized spacial score (nSPS) is 10.6. The second-order valence-corrected chi connectivity index (χ2v) is 6.28. The fourth-order valence-electron chi connectivity index (χ4n) is 2.22. The van der Waals surface area contributed by atoms with E-state index in [1.807, 2.05) is 31.4 Å². The first-order valence-corrected chi connectivity index (χ1v) is 8.37.